The van der Waals surface area contributed by atoms with Crippen LogP contribution in [-0.4, -0.2) is 26.3 Å². The van der Waals surface area contributed by atoms with Crippen LogP contribution in [0.4, 0.5) is 5.82 Å². The lowest BCUT2D eigenvalue weighted by molar-refractivity contribution is 0.349. The number of rotatable bonds is 4. The summed E-state index contributed by atoms with van der Waals surface area (Å²) in [5.41, 5.74) is 9.26. The van der Waals surface area contributed by atoms with Crippen molar-refractivity contribution in [3.05, 3.63) is 29.0 Å². The predicted octanol–water partition coefficient (Wildman–Crippen LogP) is 2.85. The second kappa shape index (κ2) is 6.44. The van der Waals surface area contributed by atoms with Crippen molar-refractivity contribution in [3.8, 4) is 34.4 Å². The normalized spacial score (nSPS) is 10.1. The molecule has 120 valence electrons. The molecule has 2 N–H and O–H groups in total. The molecule has 6 heteroatoms. The number of ether oxygens (including phenoxy) is 3. The SMILES string of the molecule is COc1cc(OC)c(-c2c(C)c(C)nc(N)c2C#N)cc1OC. The fourth-order valence-corrected chi connectivity index (χ4v) is 2.49. The van der Waals surface area contributed by atoms with Crippen LogP contribution in [0.1, 0.15) is 16.8 Å². The van der Waals surface area contributed by atoms with E-state index in [9.17, 15) is 5.26 Å². The van der Waals surface area contributed by atoms with Crippen molar-refractivity contribution in [3.63, 3.8) is 0 Å². The Morgan fingerprint density at radius 2 is 1.57 bits per heavy atom. The number of aromatic nitrogens is 1. The zero-order valence-corrected chi connectivity index (χ0v) is 13.9. The first kappa shape index (κ1) is 16.4. The number of nitrogen functional groups attached to an aromatic ring is 1. The van der Waals surface area contributed by atoms with Crippen molar-refractivity contribution in [2.75, 3.05) is 27.1 Å². The average Bonchev–Trinajstić information content (AvgIpc) is 2.56. The van der Waals surface area contributed by atoms with E-state index in [1.54, 1.807) is 33.5 Å². The number of benzene rings is 1. The minimum Gasteiger partial charge on any atom is -0.496 e. The van der Waals surface area contributed by atoms with E-state index in [4.69, 9.17) is 19.9 Å². The maximum Gasteiger partial charge on any atom is 0.164 e. The molecule has 0 amide bonds. The molecule has 0 spiro atoms. The fraction of sp³-hybridized carbons (Fsp3) is 0.294. The molecule has 6 nitrogen and oxygen atoms in total. The number of nitrogens with zero attached hydrogens (tertiary/aromatic N) is 2. The lowest BCUT2D eigenvalue weighted by atomic mass is 9.94. The zero-order chi connectivity index (χ0) is 17.1. The van der Waals surface area contributed by atoms with Crippen LogP contribution in [0.25, 0.3) is 11.1 Å². The monoisotopic (exact) mass is 313 g/mol. The van der Waals surface area contributed by atoms with E-state index in [0.29, 0.717) is 33.9 Å². The van der Waals surface area contributed by atoms with Crippen molar-refractivity contribution in [1.29, 1.82) is 5.26 Å². The van der Waals surface area contributed by atoms with Crippen LogP contribution >= 0.6 is 0 Å². The predicted molar refractivity (Wildman–Crippen MR) is 87.9 cm³/mol. The average molecular weight is 313 g/mol. The molecule has 0 aliphatic carbocycles. The summed E-state index contributed by atoms with van der Waals surface area (Å²) in [4.78, 5) is 4.22. The van der Waals surface area contributed by atoms with Crippen molar-refractivity contribution in [2.24, 2.45) is 0 Å². The lowest BCUT2D eigenvalue weighted by Crippen LogP contribution is -2.04. The van der Waals surface area contributed by atoms with Gasteiger partial charge in [-0.15, -0.1) is 0 Å². The van der Waals surface area contributed by atoms with Crippen LogP contribution in [0.2, 0.25) is 0 Å². The quantitative estimate of drug-likeness (QED) is 0.933. The van der Waals surface area contributed by atoms with Gasteiger partial charge in [-0.1, -0.05) is 0 Å². The number of nitrogens with two attached hydrogens (primary N) is 1. The summed E-state index contributed by atoms with van der Waals surface area (Å²) in [6, 6.07) is 5.63. The second-order valence-electron chi connectivity index (χ2n) is 4.98. The summed E-state index contributed by atoms with van der Waals surface area (Å²) in [5.74, 6) is 1.84. The summed E-state index contributed by atoms with van der Waals surface area (Å²) in [7, 11) is 4.67. The Kier molecular flexibility index (Phi) is 4.60. The number of nitriles is 1. The molecule has 0 radical (unpaired) electrons. The van der Waals surface area contributed by atoms with Crippen LogP contribution in [0, 0.1) is 25.2 Å². The molecule has 2 rings (SSSR count). The van der Waals surface area contributed by atoms with E-state index in [1.165, 1.54) is 0 Å². The van der Waals surface area contributed by atoms with Gasteiger partial charge in [0.2, 0.25) is 0 Å². The fourth-order valence-electron chi connectivity index (χ4n) is 2.49. The Bertz CT molecular complexity index is 795. The maximum atomic E-state index is 9.50. The summed E-state index contributed by atoms with van der Waals surface area (Å²) < 4.78 is 16.1. The van der Waals surface area contributed by atoms with Gasteiger partial charge in [-0.25, -0.2) is 4.98 Å². The van der Waals surface area contributed by atoms with Gasteiger partial charge in [0.1, 0.15) is 23.2 Å². The van der Waals surface area contributed by atoms with E-state index in [0.717, 1.165) is 11.3 Å². The minimum atomic E-state index is 0.197. The van der Waals surface area contributed by atoms with E-state index < -0.39 is 0 Å². The summed E-state index contributed by atoms with van der Waals surface area (Å²) in [6.45, 7) is 3.75. The highest BCUT2D eigenvalue weighted by Gasteiger charge is 2.21. The first-order chi connectivity index (χ1) is 11.0. The highest BCUT2D eigenvalue weighted by atomic mass is 16.5. The third-order valence-corrected chi connectivity index (χ3v) is 3.80. The van der Waals surface area contributed by atoms with Crippen LogP contribution < -0.4 is 19.9 Å². The molecule has 23 heavy (non-hydrogen) atoms. The largest absolute Gasteiger partial charge is 0.496 e. The van der Waals surface area contributed by atoms with Crippen molar-refractivity contribution < 1.29 is 14.2 Å². The Balaban J connectivity index is 2.89. The van der Waals surface area contributed by atoms with Gasteiger partial charge >= 0.3 is 0 Å². The summed E-state index contributed by atoms with van der Waals surface area (Å²) >= 11 is 0. The summed E-state index contributed by atoms with van der Waals surface area (Å²) in [5, 5.41) is 9.50. The first-order valence-electron chi connectivity index (χ1n) is 6.95. The topological polar surface area (TPSA) is 90.4 Å². The van der Waals surface area contributed by atoms with E-state index in [1.807, 2.05) is 13.8 Å². The number of hydrogen-bond donors (Lipinski definition) is 1. The van der Waals surface area contributed by atoms with Crippen LogP contribution in [0.3, 0.4) is 0 Å². The molecule has 0 atom stereocenters. The maximum absolute atomic E-state index is 9.50. The highest BCUT2D eigenvalue weighted by Crippen LogP contribution is 2.43. The third-order valence-electron chi connectivity index (χ3n) is 3.80. The van der Waals surface area contributed by atoms with Gasteiger partial charge in [0.25, 0.3) is 0 Å². The van der Waals surface area contributed by atoms with Crippen molar-refractivity contribution in [2.45, 2.75) is 13.8 Å². The molecule has 1 heterocycles. The zero-order valence-electron chi connectivity index (χ0n) is 13.9. The number of aryl methyl sites for hydroxylation is 1. The molecule has 1 aromatic carbocycles. The molecule has 0 saturated carbocycles. The van der Waals surface area contributed by atoms with Crippen LogP contribution in [-0.2, 0) is 0 Å². The highest BCUT2D eigenvalue weighted by molar-refractivity contribution is 5.84. The van der Waals surface area contributed by atoms with Crippen LogP contribution in [0.15, 0.2) is 12.1 Å². The second-order valence-corrected chi connectivity index (χ2v) is 4.98. The number of pyridine rings is 1. The molecule has 0 aliphatic rings. The molecule has 1 aromatic heterocycles. The number of anilines is 1. The van der Waals surface area contributed by atoms with Gasteiger partial charge in [0.05, 0.1) is 21.3 Å². The lowest BCUT2D eigenvalue weighted by Gasteiger charge is -2.18. The first-order valence-corrected chi connectivity index (χ1v) is 6.95. The van der Waals surface area contributed by atoms with Gasteiger partial charge in [-0.05, 0) is 25.5 Å². The molecular weight excluding hydrogens is 294 g/mol. The Hall–Kier alpha value is -2.94. The van der Waals surface area contributed by atoms with E-state index >= 15 is 0 Å². The number of hydrogen-bond acceptors (Lipinski definition) is 6. The molecule has 0 bridgehead atoms. The Morgan fingerprint density at radius 3 is 2.09 bits per heavy atom. The standard InChI is InChI=1S/C17H19N3O3/c1-9-10(2)20-17(19)12(8-18)16(9)11-6-14(22-4)15(23-5)7-13(11)21-3/h6-7H,1-5H3,(H2,19,20). The molecular formula is C17H19N3O3. The molecule has 2 aromatic rings. The minimum absolute atomic E-state index is 0.197. The van der Waals surface area contributed by atoms with Gasteiger partial charge in [0.15, 0.2) is 11.5 Å². The summed E-state index contributed by atoms with van der Waals surface area (Å²) in [6.07, 6.45) is 0. The Labute approximate surface area is 135 Å². The van der Waals surface area contributed by atoms with E-state index in [2.05, 4.69) is 11.1 Å². The molecule has 0 saturated heterocycles. The molecule has 0 aliphatic heterocycles. The smallest absolute Gasteiger partial charge is 0.164 e. The van der Waals surface area contributed by atoms with Gasteiger partial charge < -0.3 is 19.9 Å². The molecule has 0 fully saturated rings. The van der Waals surface area contributed by atoms with Crippen molar-refractivity contribution in [1.82, 2.24) is 4.98 Å². The third kappa shape index (κ3) is 2.73. The van der Waals surface area contributed by atoms with Crippen molar-refractivity contribution >= 4 is 5.82 Å². The van der Waals surface area contributed by atoms with Gasteiger partial charge in [-0.2, -0.15) is 5.26 Å². The van der Waals surface area contributed by atoms with Gasteiger partial charge in [0, 0.05) is 22.9 Å². The molecule has 0 unspecified atom stereocenters. The number of methoxy groups -OCH3 is 3. The van der Waals surface area contributed by atoms with E-state index in [-0.39, 0.29) is 5.82 Å². The van der Waals surface area contributed by atoms with Crippen LogP contribution in [0.5, 0.6) is 17.2 Å². The van der Waals surface area contributed by atoms with Gasteiger partial charge in [-0.3, -0.25) is 0 Å². The Morgan fingerprint density at radius 1 is 1.00 bits per heavy atom.